The van der Waals surface area contributed by atoms with Crippen molar-refractivity contribution in [3.05, 3.63) is 24.2 Å². The van der Waals surface area contributed by atoms with E-state index in [2.05, 4.69) is 10.6 Å². The van der Waals surface area contributed by atoms with E-state index >= 15 is 0 Å². The van der Waals surface area contributed by atoms with Gasteiger partial charge in [0.15, 0.2) is 0 Å². The Morgan fingerprint density at radius 1 is 1.52 bits per heavy atom. The second-order valence-electron chi connectivity index (χ2n) is 5.62. The lowest BCUT2D eigenvalue weighted by Gasteiger charge is -2.33. The molecule has 2 atom stereocenters. The van der Waals surface area contributed by atoms with E-state index < -0.39 is 0 Å². The molecular formula is C15H23N3O3. The Kier molecular flexibility index (Phi) is 5.25. The number of hydrogen-bond donors (Lipinski definition) is 2. The Labute approximate surface area is 124 Å². The Balaban J connectivity index is 1.80. The van der Waals surface area contributed by atoms with Crippen LogP contribution in [0.4, 0.5) is 4.79 Å². The molecule has 0 aromatic carbocycles. The number of piperidine rings is 1. The van der Waals surface area contributed by atoms with Crippen molar-refractivity contribution in [2.24, 2.45) is 0 Å². The first kappa shape index (κ1) is 15.4. The molecule has 6 nitrogen and oxygen atoms in total. The van der Waals surface area contributed by atoms with Crippen molar-refractivity contribution in [3.8, 4) is 0 Å². The summed E-state index contributed by atoms with van der Waals surface area (Å²) < 4.78 is 5.28. The molecule has 6 heteroatoms. The van der Waals surface area contributed by atoms with Crippen LogP contribution in [-0.4, -0.2) is 42.0 Å². The van der Waals surface area contributed by atoms with Gasteiger partial charge in [-0.15, -0.1) is 0 Å². The summed E-state index contributed by atoms with van der Waals surface area (Å²) in [5.41, 5.74) is 0. The average molecular weight is 293 g/mol. The maximum atomic E-state index is 12.2. The fourth-order valence-corrected chi connectivity index (χ4v) is 2.65. The monoisotopic (exact) mass is 293 g/mol. The molecule has 2 heterocycles. The quantitative estimate of drug-likeness (QED) is 0.884. The third-order valence-corrected chi connectivity index (χ3v) is 3.57. The lowest BCUT2D eigenvalue weighted by molar-refractivity contribution is -0.119. The summed E-state index contributed by atoms with van der Waals surface area (Å²) in [6, 6.07) is 3.72. The molecule has 116 valence electrons. The van der Waals surface area contributed by atoms with E-state index in [1.807, 2.05) is 19.1 Å². The van der Waals surface area contributed by atoms with Gasteiger partial charge in [-0.1, -0.05) is 0 Å². The minimum Gasteiger partial charge on any atom is -0.469 e. The molecule has 1 saturated heterocycles. The van der Waals surface area contributed by atoms with Crippen LogP contribution in [0.25, 0.3) is 0 Å². The maximum Gasteiger partial charge on any atom is 0.317 e. The molecule has 0 radical (unpaired) electrons. The van der Waals surface area contributed by atoms with E-state index in [1.165, 1.54) is 6.92 Å². The number of furan rings is 1. The van der Waals surface area contributed by atoms with Gasteiger partial charge < -0.3 is 20.0 Å². The molecule has 1 aliphatic rings. The number of carbonyl (C=O) groups excluding carboxylic acids is 2. The average Bonchev–Trinajstić information content (AvgIpc) is 2.90. The summed E-state index contributed by atoms with van der Waals surface area (Å²) >= 11 is 0. The number of likely N-dealkylation sites (tertiary alicyclic amines) is 1. The Bertz CT molecular complexity index is 473. The Morgan fingerprint density at radius 2 is 2.33 bits per heavy atom. The summed E-state index contributed by atoms with van der Waals surface area (Å²) in [6.07, 6.45) is 4.13. The topological polar surface area (TPSA) is 74.6 Å². The molecule has 3 amide bonds. The molecule has 0 saturated carbocycles. The SMILES string of the molecule is CC(=O)NC1CCCN(C(=O)NC(C)Cc2ccco2)C1. The van der Waals surface area contributed by atoms with E-state index in [4.69, 9.17) is 4.42 Å². The van der Waals surface area contributed by atoms with Crippen LogP contribution in [0.15, 0.2) is 22.8 Å². The highest BCUT2D eigenvalue weighted by molar-refractivity contribution is 5.75. The van der Waals surface area contributed by atoms with Gasteiger partial charge >= 0.3 is 6.03 Å². The van der Waals surface area contributed by atoms with Crippen LogP contribution in [0, 0.1) is 0 Å². The predicted molar refractivity (Wildman–Crippen MR) is 78.8 cm³/mol. The van der Waals surface area contributed by atoms with Crippen molar-refractivity contribution in [3.63, 3.8) is 0 Å². The molecule has 1 aliphatic heterocycles. The zero-order chi connectivity index (χ0) is 15.2. The molecule has 0 aliphatic carbocycles. The van der Waals surface area contributed by atoms with Crippen LogP contribution in [0.2, 0.25) is 0 Å². The molecule has 0 bridgehead atoms. The van der Waals surface area contributed by atoms with E-state index in [1.54, 1.807) is 11.2 Å². The largest absolute Gasteiger partial charge is 0.469 e. The molecule has 2 N–H and O–H groups in total. The van der Waals surface area contributed by atoms with Gasteiger partial charge in [0.05, 0.1) is 6.26 Å². The minimum atomic E-state index is -0.0795. The fraction of sp³-hybridized carbons (Fsp3) is 0.600. The van der Waals surface area contributed by atoms with Crippen LogP contribution in [-0.2, 0) is 11.2 Å². The van der Waals surface area contributed by atoms with Crippen molar-refractivity contribution in [1.29, 1.82) is 0 Å². The van der Waals surface area contributed by atoms with Crippen molar-refractivity contribution >= 4 is 11.9 Å². The number of nitrogens with one attached hydrogen (secondary N) is 2. The van der Waals surface area contributed by atoms with Crippen molar-refractivity contribution in [2.75, 3.05) is 13.1 Å². The van der Waals surface area contributed by atoms with Crippen LogP contribution in [0.5, 0.6) is 0 Å². The third kappa shape index (κ3) is 4.81. The van der Waals surface area contributed by atoms with Gasteiger partial charge in [0.1, 0.15) is 5.76 Å². The molecule has 21 heavy (non-hydrogen) atoms. The van der Waals surface area contributed by atoms with Gasteiger partial charge in [-0.2, -0.15) is 0 Å². The van der Waals surface area contributed by atoms with Crippen molar-refractivity contribution in [1.82, 2.24) is 15.5 Å². The highest BCUT2D eigenvalue weighted by atomic mass is 16.3. The summed E-state index contributed by atoms with van der Waals surface area (Å²) in [6.45, 7) is 4.76. The van der Waals surface area contributed by atoms with Gasteiger partial charge in [-0.05, 0) is 31.9 Å². The van der Waals surface area contributed by atoms with Gasteiger partial charge in [-0.25, -0.2) is 4.79 Å². The Morgan fingerprint density at radius 3 is 3.00 bits per heavy atom. The first-order valence-corrected chi connectivity index (χ1v) is 7.39. The van der Waals surface area contributed by atoms with E-state index in [0.29, 0.717) is 13.0 Å². The van der Waals surface area contributed by atoms with E-state index in [-0.39, 0.29) is 24.0 Å². The number of urea groups is 1. The predicted octanol–water partition coefficient (Wildman–Crippen LogP) is 1.52. The summed E-state index contributed by atoms with van der Waals surface area (Å²) in [4.78, 5) is 25.1. The van der Waals surface area contributed by atoms with Crippen LogP contribution < -0.4 is 10.6 Å². The standard InChI is InChI=1S/C15H23N3O3/c1-11(9-14-6-4-8-21-14)16-15(20)18-7-3-5-13(10-18)17-12(2)19/h4,6,8,11,13H,3,5,7,9-10H2,1-2H3,(H,16,20)(H,17,19). The highest BCUT2D eigenvalue weighted by Crippen LogP contribution is 2.11. The number of nitrogens with zero attached hydrogens (tertiary/aromatic N) is 1. The summed E-state index contributed by atoms with van der Waals surface area (Å²) in [5.74, 6) is 0.811. The highest BCUT2D eigenvalue weighted by Gasteiger charge is 2.24. The Hall–Kier alpha value is -1.98. The fourth-order valence-electron chi connectivity index (χ4n) is 2.65. The van der Waals surface area contributed by atoms with E-state index in [0.717, 1.165) is 25.1 Å². The second kappa shape index (κ2) is 7.15. The third-order valence-electron chi connectivity index (χ3n) is 3.57. The molecule has 1 aromatic rings. The molecule has 1 aromatic heterocycles. The van der Waals surface area contributed by atoms with Crippen molar-refractivity contribution in [2.45, 2.75) is 45.2 Å². The zero-order valence-electron chi connectivity index (χ0n) is 12.6. The molecule has 1 fully saturated rings. The smallest absolute Gasteiger partial charge is 0.317 e. The number of rotatable bonds is 4. The molecular weight excluding hydrogens is 270 g/mol. The van der Waals surface area contributed by atoms with Gasteiger partial charge in [0, 0.05) is 38.5 Å². The lowest BCUT2D eigenvalue weighted by Crippen LogP contribution is -2.53. The van der Waals surface area contributed by atoms with Gasteiger partial charge in [-0.3, -0.25) is 4.79 Å². The van der Waals surface area contributed by atoms with Gasteiger partial charge in [0.25, 0.3) is 0 Å². The number of hydrogen-bond acceptors (Lipinski definition) is 3. The maximum absolute atomic E-state index is 12.2. The normalized spacial score (nSPS) is 19.9. The van der Waals surface area contributed by atoms with Gasteiger partial charge in [0.2, 0.25) is 5.91 Å². The number of carbonyl (C=O) groups is 2. The second-order valence-corrected chi connectivity index (χ2v) is 5.62. The summed E-state index contributed by atoms with van der Waals surface area (Å²) in [5, 5.41) is 5.86. The van der Waals surface area contributed by atoms with E-state index in [9.17, 15) is 9.59 Å². The van der Waals surface area contributed by atoms with Crippen molar-refractivity contribution < 1.29 is 14.0 Å². The number of amides is 3. The minimum absolute atomic E-state index is 0.00444. The van der Waals surface area contributed by atoms with Crippen LogP contribution in [0.3, 0.4) is 0 Å². The lowest BCUT2D eigenvalue weighted by atomic mass is 10.1. The van der Waals surface area contributed by atoms with Crippen LogP contribution >= 0.6 is 0 Å². The summed E-state index contributed by atoms with van der Waals surface area (Å²) in [7, 11) is 0. The first-order valence-electron chi connectivity index (χ1n) is 7.39. The zero-order valence-corrected chi connectivity index (χ0v) is 12.6. The molecule has 0 spiro atoms. The first-order chi connectivity index (χ1) is 10.0. The molecule has 2 rings (SSSR count). The molecule has 2 unspecified atom stereocenters. The van der Waals surface area contributed by atoms with Crippen LogP contribution in [0.1, 0.15) is 32.4 Å².